The Hall–Kier alpha value is -2.02. The van der Waals surface area contributed by atoms with Crippen molar-refractivity contribution < 1.29 is 0 Å². The monoisotopic (exact) mass is 277 g/mol. The lowest BCUT2D eigenvalue weighted by atomic mass is 10.1. The number of anilines is 2. The maximum Gasteiger partial charge on any atom is 0.0484 e. The molecule has 1 aliphatic heterocycles. The Bertz CT molecular complexity index is 578. The van der Waals surface area contributed by atoms with Crippen molar-refractivity contribution in [3.8, 4) is 0 Å². The van der Waals surface area contributed by atoms with E-state index in [2.05, 4.69) is 72.5 Å². The summed E-state index contributed by atoms with van der Waals surface area (Å²) >= 11 is 0. The molecule has 0 fully saturated rings. The van der Waals surface area contributed by atoms with E-state index in [0.29, 0.717) is 0 Å². The number of nitrogens with zero attached hydrogens (tertiary/aromatic N) is 1. The minimum atomic E-state index is 1.09. The standard InChI is InChI=1S/C20H23N/c1-2-3-4-9-16-21-19-12-7-5-10-17(19)14-15-18-11-6-8-13-20(18)21/h5-8,10-15H,2-4,9,16H2,1H3. The van der Waals surface area contributed by atoms with E-state index in [0.717, 1.165) is 6.54 Å². The Morgan fingerprint density at radius 2 is 1.29 bits per heavy atom. The summed E-state index contributed by atoms with van der Waals surface area (Å²) in [7, 11) is 0. The molecule has 0 bridgehead atoms. The average molecular weight is 277 g/mol. The van der Waals surface area contributed by atoms with Gasteiger partial charge in [-0.2, -0.15) is 0 Å². The molecule has 1 nitrogen and oxygen atoms in total. The molecule has 0 atom stereocenters. The molecule has 0 spiro atoms. The van der Waals surface area contributed by atoms with Gasteiger partial charge in [0.25, 0.3) is 0 Å². The fraction of sp³-hybridized carbons (Fsp3) is 0.300. The maximum absolute atomic E-state index is 2.49. The lowest BCUT2D eigenvalue weighted by Crippen LogP contribution is -2.19. The van der Waals surface area contributed by atoms with Gasteiger partial charge in [0.05, 0.1) is 0 Å². The quantitative estimate of drug-likeness (QED) is 0.616. The highest BCUT2D eigenvalue weighted by atomic mass is 15.1. The molecule has 3 rings (SSSR count). The molecule has 0 saturated carbocycles. The van der Waals surface area contributed by atoms with Gasteiger partial charge in [-0.25, -0.2) is 0 Å². The Morgan fingerprint density at radius 1 is 0.714 bits per heavy atom. The highest BCUT2D eigenvalue weighted by Gasteiger charge is 2.16. The van der Waals surface area contributed by atoms with Gasteiger partial charge in [-0.1, -0.05) is 74.7 Å². The number of hydrogen-bond acceptors (Lipinski definition) is 1. The summed E-state index contributed by atoms with van der Waals surface area (Å²) in [5.74, 6) is 0. The lowest BCUT2D eigenvalue weighted by Gasteiger charge is -2.27. The van der Waals surface area contributed by atoms with E-state index in [-0.39, 0.29) is 0 Å². The van der Waals surface area contributed by atoms with Gasteiger partial charge >= 0.3 is 0 Å². The first kappa shape index (κ1) is 13.9. The van der Waals surface area contributed by atoms with Crippen LogP contribution in [0.2, 0.25) is 0 Å². The zero-order valence-electron chi connectivity index (χ0n) is 12.8. The predicted octanol–water partition coefficient (Wildman–Crippen LogP) is 5.89. The number of rotatable bonds is 5. The Morgan fingerprint density at radius 3 is 1.86 bits per heavy atom. The SMILES string of the molecule is CCCCCCN1c2ccccc2C=Cc2ccccc21. The van der Waals surface area contributed by atoms with Crippen molar-refractivity contribution in [2.45, 2.75) is 32.6 Å². The molecular formula is C20H23N. The number of para-hydroxylation sites is 2. The van der Waals surface area contributed by atoms with Crippen LogP contribution in [0.4, 0.5) is 11.4 Å². The summed E-state index contributed by atoms with van der Waals surface area (Å²) in [5, 5.41) is 0. The Kier molecular flexibility index (Phi) is 4.40. The molecule has 0 aromatic heterocycles. The summed E-state index contributed by atoms with van der Waals surface area (Å²) in [4.78, 5) is 2.49. The van der Waals surface area contributed by atoms with Crippen molar-refractivity contribution in [3.05, 3.63) is 59.7 Å². The van der Waals surface area contributed by atoms with Gasteiger partial charge < -0.3 is 4.90 Å². The molecule has 0 N–H and O–H groups in total. The van der Waals surface area contributed by atoms with Gasteiger partial charge in [-0.3, -0.25) is 0 Å². The van der Waals surface area contributed by atoms with Crippen molar-refractivity contribution in [1.29, 1.82) is 0 Å². The van der Waals surface area contributed by atoms with Crippen LogP contribution < -0.4 is 4.90 Å². The van der Waals surface area contributed by atoms with Crippen LogP contribution in [0.5, 0.6) is 0 Å². The van der Waals surface area contributed by atoms with Crippen LogP contribution in [-0.4, -0.2) is 6.54 Å². The van der Waals surface area contributed by atoms with Crippen molar-refractivity contribution in [3.63, 3.8) is 0 Å². The second kappa shape index (κ2) is 6.62. The molecule has 0 unspecified atom stereocenters. The first-order valence-electron chi connectivity index (χ1n) is 8.04. The van der Waals surface area contributed by atoms with E-state index in [4.69, 9.17) is 0 Å². The molecule has 108 valence electrons. The third-order valence-electron chi connectivity index (χ3n) is 4.13. The zero-order chi connectivity index (χ0) is 14.5. The van der Waals surface area contributed by atoms with E-state index in [9.17, 15) is 0 Å². The highest BCUT2D eigenvalue weighted by molar-refractivity contribution is 5.88. The fourth-order valence-corrected chi connectivity index (χ4v) is 3.00. The molecule has 1 heteroatoms. The van der Waals surface area contributed by atoms with Crippen molar-refractivity contribution in [2.24, 2.45) is 0 Å². The fourth-order valence-electron chi connectivity index (χ4n) is 3.00. The minimum Gasteiger partial charge on any atom is -0.341 e. The molecule has 0 saturated heterocycles. The number of benzene rings is 2. The van der Waals surface area contributed by atoms with Crippen LogP contribution in [0, 0.1) is 0 Å². The largest absolute Gasteiger partial charge is 0.341 e. The Labute approximate surface area is 127 Å². The summed E-state index contributed by atoms with van der Waals surface area (Å²) in [5.41, 5.74) is 5.28. The topological polar surface area (TPSA) is 3.24 Å². The zero-order valence-corrected chi connectivity index (χ0v) is 12.8. The maximum atomic E-state index is 2.49. The molecule has 0 amide bonds. The third kappa shape index (κ3) is 3.02. The first-order valence-corrected chi connectivity index (χ1v) is 8.04. The summed E-state index contributed by atoms with van der Waals surface area (Å²) < 4.78 is 0. The number of fused-ring (bicyclic) bond motifs is 2. The molecule has 1 aliphatic rings. The molecule has 0 radical (unpaired) electrons. The molecule has 1 heterocycles. The summed E-state index contributed by atoms with van der Waals surface area (Å²) in [6.07, 6.45) is 9.64. The van der Waals surface area contributed by atoms with Crippen molar-refractivity contribution in [2.75, 3.05) is 11.4 Å². The molecule has 0 aliphatic carbocycles. The summed E-state index contributed by atoms with van der Waals surface area (Å²) in [6.45, 7) is 3.36. The van der Waals surface area contributed by atoms with Gasteiger partial charge in [0.1, 0.15) is 0 Å². The van der Waals surface area contributed by atoms with E-state index >= 15 is 0 Å². The molecule has 2 aromatic carbocycles. The van der Waals surface area contributed by atoms with E-state index in [1.807, 2.05) is 0 Å². The van der Waals surface area contributed by atoms with Gasteiger partial charge in [0.15, 0.2) is 0 Å². The van der Waals surface area contributed by atoms with Crippen molar-refractivity contribution in [1.82, 2.24) is 0 Å². The minimum absolute atomic E-state index is 1.09. The van der Waals surface area contributed by atoms with Crippen LogP contribution in [-0.2, 0) is 0 Å². The Balaban J connectivity index is 1.94. The highest BCUT2D eigenvalue weighted by Crippen LogP contribution is 2.36. The number of hydrogen-bond donors (Lipinski definition) is 0. The predicted molar refractivity (Wildman–Crippen MR) is 93.0 cm³/mol. The van der Waals surface area contributed by atoms with Crippen LogP contribution in [0.25, 0.3) is 12.2 Å². The third-order valence-corrected chi connectivity index (χ3v) is 4.13. The second-order valence-corrected chi connectivity index (χ2v) is 5.66. The second-order valence-electron chi connectivity index (χ2n) is 5.66. The molecule has 2 aromatic rings. The van der Waals surface area contributed by atoms with Gasteiger partial charge in [-0.15, -0.1) is 0 Å². The molecule has 21 heavy (non-hydrogen) atoms. The van der Waals surface area contributed by atoms with Gasteiger partial charge in [-0.05, 0) is 29.7 Å². The molecular weight excluding hydrogens is 254 g/mol. The first-order chi connectivity index (χ1) is 10.4. The van der Waals surface area contributed by atoms with Crippen molar-refractivity contribution >= 4 is 23.5 Å². The van der Waals surface area contributed by atoms with Crippen LogP contribution >= 0.6 is 0 Å². The normalized spacial score (nSPS) is 12.7. The van der Waals surface area contributed by atoms with Crippen LogP contribution in [0.3, 0.4) is 0 Å². The lowest BCUT2D eigenvalue weighted by molar-refractivity contribution is 0.668. The smallest absolute Gasteiger partial charge is 0.0484 e. The van der Waals surface area contributed by atoms with Gasteiger partial charge in [0, 0.05) is 17.9 Å². The van der Waals surface area contributed by atoms with Crippen LogP contribution in [0.15, 0.2) is 48.5 Å². The van der Waals surface area contributed by atoms with E-state index in [1.54, 1.807) is 0 Å². The van der Waals surface area contributed by atoms with Gasteiger partial charge in [0.2, 0.25) is 0 Å². The van der Waals surface area contributed by atoms with E-state index < -0.39 is 0 Å². The van der Waals surface area contributed by atoms with Crippen LogP contribution in [0.1, 0.15) is 43.7 Å². The number of unbranched alkanes of at least 4 members (excludes halogenated alkanes) is 3. The summed E-state index contributed by atoms with van der Waals surface area (Å²) in [6, 6.07) is 17.4. The average Bonchev–Trinajstić information content (AvgIpc) is 2.69. The van der Waals surface area contributed by atoms with E-state index in [1.165, 1.54) is 48.2 Å².